The Morgan fingerprint density at radius 1 is 1.47 bits per heavy atom. The SMILES string of the molecule is CC(C)COCCS(=O)c1cc(Br)ccc1C(=O)O. The number of ether oxygens (including phenoxy) is 1. The molecule has 0 spiro atoms. The fraction of sp³-hybridized carbons (Fsp3) is 0.462. The van der Waals surface area contributed by atoms with Crippen molar-refractivity contribution in [2.75, 3.05) is 19.0 Å². The molecule has 4 nitrogen and oxygen atoms in total. The predicted molar refractivity (Wildman–Crippen MR) is 78.0 cm³/mol. The van der Waals surface area contributed by atoms with Crippen LogP contribution in [0.5, 0.6) is 0 Å². The molecule has 0 amide bonds. The Morgan fingerprint density at radius 3 is 2.74 bits per heavy atom. The zero-order valence-corrected chi connectivity index (χ0v) is 13.3. The molecule has 1 atom stereocenters. The minimum atomic E-state index is -1.38. The number of carboxylic acid groups (broad SMARTS) is 1. The minimum absolute atomic E-state index is 0.0744. The monoisotopic (exact) mass is 348 g/mol. The summed E-state index contributed by atoms with van der Waals surface area (Å²) in [6.45, 7) is 5.04. The second kappa shape index (κ2) is 7.77. The summed E-state index contributed by atoms with van der Waals surface area (Å²) < 4.78 is 18.2. The van der Waals surface area contributed by atoms with Gasteiger partial charge in [-0.15, -0.1) is 0 Å². The number of aromatic carboxylic acids is 1. The van der Waals surface area contributed by atoms with E-state index in [0.29, 0.717) is 34.3 Å². The van der Waals surface area contributed by atoms with Crippen molar-refractivity contribution < 1.29 is 18.8 Å². The minimum Gasteiger partial charge on any atom is -0.478 e. The lowest BCUT2D eigenvalue weighted by Gasteiger charge is -2.09. The van der Waals surface area contributed by atoms with E-state index in [1.54, 1.807) is 12.1 Å². The summed E-state index contributed by atoms with van der Waals surface area (Å²) in [7, 11) is -1.38. The summed E-state index contributed by atoms with van der Waals surface area (Å²) in [6.07, 6.45) is 0. The summed E-state index contributed by atoms with van der Waals surface area (Å²) >= 11 is 3.26. The highest BCUT2D eigenvalue weighted by Gasteiger charge is 2.15. The molecular weight excluding hydrogens is 332 g/mol. The van der Waals surface area contributed by atoms with Crippen LogP contribution < -0.4 is 0 Å². The van der Waals surface area contributed by atoms with Gasteiger partial charge in [-0.25, -0.2) is 4.79 Å². The molecule has 0 aliphatic heterocycles. The van der Waals surface area contributed by atoms with Crippen LogP contribution >= 0.6 is 15.9 Å². The maximum Gasteiger partial charge on any atom is 0.336 e. The Balaban J connectivity index is 2.70. The zero-order chi connectivity index (χ0) is 14.4. The molecule has 1 rings (SSSR count). The van der Waals surface area contributed by atoms with Gasteiger partial charge in [-0.2, -0.15) is 0 Å². The van der Waals surface area contributed by atoms with E-state index in [1.165, 1.54) is 6.07 Å². The van der Waals surface area contributed by atoms with Crippen molar-refractivity contribution in [3.63, 3.8) is 0 Å². The fourth-order valence-electron chi connectivity index (χ4n) is 1.42. The molecule has 0 radical (unpaired) electrons. The van der Waals surface area contributed by atoms with Gasteiger partial charge in [0.25, 0.3) is 0 Å². The molecule has 0 aromatic heterocycles. The molecule has 19 heavy (non-hydrogen) atoms. The Labute approximate surface area is 123 Å². The number of carbonyl (C=O) groups is 1. The average Bonchev–Trinajstić information content (AvgIpc) is 2.33. The summed E-state index contributed by atoms with van der Waals surface area (Å²) in [5.74, 6) is -0.350. The molecule has 6 heteroatoms. The molecule has 0 aliphatic carbocycles. The predicted octanol–water partition coefficient (Wildman–Crippen LogP) is 2.93. The van der Waals surface area contributed by atoms with Gasteiger partial charge in [0.1, 0.15) is 0 Å². The van der Waals surface area contributed by atoms with Gasteiger partial charge in [-0.3, -0.25) is 4.21 Å². The largest absolute Gasteiger partial charge is 0.478 e. The molecule has 0 saturated heterocycles. The van der Waals surface area contributed by atoms with Crippen molar-refractivity contribution in [2.45, 2.75) is 18.7 Å². The van der Waals surface area contributed by atoms with E-state index in [4.69, 9.17) is 9.84 Å². The lowest BCUT2D eigenvalue weighted by Crippen LogP contribution is -2.12. The van der Waals surface area contributed by atoms with Crippen LogP contribution in [0, 0.1) is 5.92 Å². The van der Waals surface area contributed by atoms with E-state index in [9.17, 15) is 9.00 Å². The van der Waals surface area contributed by atoms with Crippen molar-refractivity contribution in [3.05, 3.63) is 28.2 Å². The number of hydrogen-bond acceptors (Lipinski definition) is 3. The first-order valence-corrected chi connectivity index (χ1v) is 8.02. The lowest BCUT2D eigenvalue weighted by atomic mass is 10.2. The van der Waals surface area contributed by atoms with Crippen molar-refractivity contribution in [1.82, 2.24) is 0 Å². The summed E-state index contributed by atoms with van der Waals surface area (Å²) in [5, 5.41) is 9.07. The van der Waals surface area contributed by atoms with Crippen molar-refractivity contribution in [3.8, 4) is 0 Å². The van der Waals surface area contributed by atoms with Crippen molar-refractivity contribution in [1.29, 1.82) is 0 Å². The highest BCUT2D eigenvalue weighted by atomic mass is 79.9. The van der Waals surface area contributed by atoms with E-state index in [0.717, 1.165) is 0 Å². The smallest absolute Gasteiger partial charge is 0.336 e. The van der Waals surface area contributed by atoms with Gasteiger partial charge >= 0.3 is 5.97 Å². The van der Waals surface area contributed by atoms with Crippen molar-refractivity contribution in [2.24, 2.45) is 5.92 Å². The maximum atomic E-state index is 12.1. The van der Waals surface area contributed by atoms with Gasteiger partial charge in [0.05, 0.1) is 33.6 Å². The summed E-state index contributed by atoms with van der Waals surface area (Å²) in [6, 6.07) is 4.66. The molecule has 1 N–H and O–H groups in total. The zero-order valence-electron chi connectivity index (χ0n) is 10.9. The normalized spacial score (nSPS) is 12.6. The van der Waals surface area contributed by atoms with Crippen LogP contribution in [0.15, 0.2) is 27.6 Å². The van der Waals surface area contributed by atoms with Crippen LogP contribution in [-0.4, -0.2) is 34.3 Å². The summed E-state index contributed by atoms with van der Waals surface area (Å²) in [5.41, 5.74) is 0.0744. The van der Waals surface area contributed by atoms with Crippen LogP contribution in [-0.2, 0) is 15.5 Å². The van der Waals surface area contributed by atoms with E-state index >= 15 is 0 Å². The molecular formula is C13H17BrO4S. The van der Waals surface area contributed by atoms with Gasteiger partial charge in [-0.1, -0.05) is 29.8 Å². The van der Waals surface area contributed by atoms with E-state index in [1.807, 2.05) is 13.8 Å². The number of rotatable bonds is 7. The first-order chi connectivity index (χ1) is 8.91. The standard InChI is InChI=1S/C13H17BrO4S/c1-9(2)8-18-5-6-19(17)12-7-10(14)3-4-11(12)13(15)16/h3-4,7,9H,5-6,8H2,1-2H3,(H,15,16). The van der Waals surface area contributed by atoms with Crippen molar-refractivity contribution >= 4 is 32.7 Å². The topological polar surface area (TPSA) is 63.6 Å². The Hall–Kier alpha value is -0.720. The second-order valence-electron chi connectivity index (χ2n) is 4.46. The van der Waals surface area contributed by atoms with Crippen LogP contribution in [0.4, 0.5) is 0 Å². The molecule has 1 aromatic carbocycles. The average molecular weight is 349 g/mol. The highest BCUT2D eigenvalue weighted by molar-refractivity contribution is 9.10. The maximum absolute atomic E-state index is 12.1. The van der Waals surface area contributed by atoms with Crippen LogP contribution in [0.25, 0.3) is 0 Å². The second-order valence-corrected chi connectivity index (χ2v) is 6.92. The van der Waals surface area contributed by atoms with Crippen LogP contribution in [0.1, 0.15) is 24.2 Å². The third kappa shape index (κ3) is 5.42. The quantitative estimate of drug-likeness (QED) is 0.769. The lowest BCUT2D eigenvalue weighted by molar-refractivity contribution is 0.0693. The molecule has 0 heterocycles. The van der Waals surface area contributed by atoms with Gasteiger partial charge in [0, 0.05) is 11.1 Å². The number of halogens is 1. The first-order valence-electron chi connectivity index (χ1n) is 5.90. The molecule has 0 fully saturated rings. The number of carboxylic acids is 1. The highest BCUT2D eigenvalue weighted by Crippen LogP contribution is 2.20. The Kier molecular flexibility index (Phi) is 6.68. The van der Waals surface area contributed by atoms with Gasteiger partial charge in [0.2, 0.25) is 0 Å². The molecule has 106 valence electrons. The first kappa shape index (κ1) is 16.3. The van der Waals surface area contributed by atoms with Gasteiger partial charge in [-0.05, 0) is 24.1 Å². The fourth-order valence-corrected chi connectivity index (χ4v) is 3.09. The van der Waals surface area contributed by atoms with Crippen LogP contribution in [0.3, 0.4) is 0 Å². The molecule has 0 bridgehead atoms. The summed E-state index contributed by atoms with van der Waals surface area (Å²) in [4.78, 5) is 11.4. The molecule has 1 aromatic rings. The van der Waals surface area contributed by atoms with E-state index in [-0.39, 0.29) is 5.56 Å². The van der Waals surface area contributed by atoms with E-state index in [2.05, 4.69) is 15.9 Å². The Bertz CT molecular complexity index is 474. The van der Waals surface area contributed by atoms with Gasteiger partial charge < -0.3 is 9.84 Å². The molecule has 1 unspecified atom stereocenters. The van der Waals surface area contributed by atoms with Crippen LogP contribution in [0.2, 0.25) is 0 Å². The third-order valence-electron chi connectivity index (χ3n) is 2.28. The van der Waals surface area contributed by atoms with E-state index < -0.39 is 16.8 Å². The molecule has 0 aliphatic rings. The third-order valence-corrected chi connectivity index (χ3v) is 4.14. The number of hydrogen-bond donors (Lipinski definition) is 1. The molecule has 0 saturated carbocycles. The number of benzene rings is 1. The Morgan fingerprint density at radius 2 is 2.16 bits per heavy atom. The van der Waals surface area contributed by atoms with Gasteiger partial charge in [0.15, 0.2) is 0 Å².